The Balaban J connectivity index is 1.64. The van der Waals surface area contributed by atoms with E-state index < -0.39 is 46.2 Å². The molecule has 2 aliphatic rings. The van der Waals surface area contributed by atoms with Crippen molar-refractivity contribution < 1.29 is 28.6 Å². The van der Waals surface area contributed by atoms with Gasteiger partial charge in [0.15, 0.2) is 11.6 Å². The summed E-state index contributed by atoms with van der Waals surface area (Å²) in [6.45, 7) is 0. The molecule has 2 N–H and O–H groups in total. The first kappa shape index (κ1) is 22.5. The van der Waals surface area contributed by atoms with Gasteiger partial charge in [0, 0.05) is 11.1 Å². The minimum absolute atomic E-state index is 0.220. The van der Waals surface area contributed by atoms with E-state index in [0.717, 1.165) is 0 Å². The molecule has 36 heavy (non-hydrogen) atoms. The van der Waals surface area contributed by atoms with Crippen LogP contribution in [0.25, 0.3) is 0 Å². The van der Waals surface area contributed by atoms with Crippen LogP contribution in [0.1, 0.15) is 43.0 Å². The number of hydrogen-bond donors (Lipinski definition) is 2. The number of hydrogen-bond acceptors (Lipinski definition) is 4. The van der Waals surface area contributed by atoms with Crippen LogP contribution in [-0.2, 0) is 11.2 Å². The van der Waals surface area contributed by atoms with Gasteiger partial charge < -0.3 is 10.2 Å². The monoisotopic (exact) mass is 482 g/mol. The summed E-state index contributed by atoms with van der Waals surface area (Å²) in [5.41, 5.74) is -2.63. The zero-order valence-electron chi connectivity index (χ0n) is 18.9. The van der Waals surface area contributed by atoms with Gasteiger partial charge >= 0.3 is 0 Å². The van der Waals surface area contributed by atoms with Gasteiger partial charge in [-0.3, -0.25) is 9.59 Å². The second-order valence-corrected chi connectivity index (χ2v) is 9.32. The van der Waals surface area contributed by atoms with Crippen LogP contribution in [0.3, 0.4) is 0 Å². The van der Waals surface area contributed by atoms with Crippen molar-refractivity contribution in [2.75, 3.05) is 0 Å². The Morgan fingerprint density at radius 2 is 0.861 bits per heavy atom. The number of benzene rings is 4. The van der Waals surface area contributed by atoms with Gasteiger partial charge in [0.2, 0.25) is 0 Å². The summed E-state index contributed by atoms with van der Waals surface area (Å²) in [5.74, 6) is -4.94. The van der Waals surface area contributed by atoms with Crippen LogP contribution < -0.4 is 0 Å². The van der Waals surface area contributed by atoms with Gasteiger partial charge in [-0.05, 0) is 46.5 Å². The van der Waals surface area contributed by atoms with Crippen LogP contribution in [0.4, 0.5) is 8.78 Å². The Morgan fingerprint density at radius 1 is 0.528 bits per heavy atom. The van der Waals surface area contributed by atoms with Crippen molar-refractivity contribution in [2.24, 2.45) is 11.8 Å². The number of fused-ring (bicyclic) bond motifs is 2. The molecule has 0 heterocycles. The topological polar surface area (TPSA) is 74.6 Å². The quantitative estimate of drug-likeness (QED) is 0.442. The van der Waals surface area contributed by atoms with E-state index in [0.29, 0.717) is 0 Å². The average molecular weight is 482 g/mol. The Bertz CT molecular complexity index is 1410. The molecule has 0 radical (unpaired) electrons. The van der Waals surface area contributed by atoms with Gasteiger partial charge in [-0.25, -0.2) is 8.78 Å². The molecule has 0 aliphatic heterocycles. The summed E-state index contributed by atoms with van der Waals surface area (Å²) in [6.07, 6.45) is 0. The van der Waals surface area contributed by atoms with Crippen LogP contribution in [-0.4, -0.2) is 21.8 Å². The highest BCUT2D eigenvalue weighted by Crippen LogP contribution is 2.58. The van der Waals surface area contributed by atoms with Crippen LogP contribution in [0.2, 0.25) is 0 Å². The lowest BCUT2D eigenvalue weighted by Gasteiger charge is -2.40. The maximum Gasteiger partial charge on any atom is 0.170 e. The van der Waals surface area contributed by atoms with Gasteiger partial charge in [0.05, 0.1) is 11.8 Å². The number of halogens is 2. The highest BCUT2D eigenvalue weighted by molar-refractivity contribution is 6.12. The van der Waals surface area contributed by atoms with E-state index in [-0.39, 0.29) is 33.4 Å². The number of carbonyl (C=O) groups is 2. The third-order valence-corrected chi connectivity index (χ3v) is 7.57. The lowest BCUT2D eigenvalue weighted by Crippen LogP contribution is -2.49. The third kappa shape index (κ3) is 2.86. The molecular formula is C30H20F2O4. The zero-order chi connectivity index (χ0) is 25.2. The Kier molecular flexibility index (Phi) is 4.84. The smallest absolute Gasteiger partial charge is 0.170 e. The number of Topliss-reactive ketones (excluding diaryl/α,β-unsaturated/α-hetero) is 2. The number of rotatable bonds is 3. The molecule has 4 aromatic carbocycles. The molecule has 0 unspecified atom stereocenters. The summed E-state index contributed by atoms with van der Waals surface area (Å²) in [5, 5.41) is 24.7. The van der Waals surface area contributed by atoms with Gasteiger partial charge in [-0.15, -0.1) is 0 Å². The van der Waals surface area contributed by atoms with E-state index in [1.54, 1.807) is 48.5 Å². The molecule has 178 valence electrons. The average Bonchev–Trinajstić information content (AvgIpc) is 3.25. The molecule has 6 heteroatoms. The molecule has 0 aromatic heterocycles. The van der Waals surface area contributed by atoms with Crippen molar-refractivity contribution >= 4 is 11.6 Å². The fraction of sp³-hybridized carbons (Fsp3) is 0.133. The van der Waals surface area contributed by atoms with Crippen LogP contribution in [0.5, 0.6) is 0 Å². The molecule has 0 fully saturated rings. The molecule has 4 atom stereocenters. The molecule has 0 saturated heterocycles. The molecule has 4 aromatic rings. The molecule has 0 bridgehead atoms. The molecule has 4 nitrogen and oxygen atoms in total. The van der Waals surface area contributed by atoms with E-state index >= 15 is 0 Å². The Hall–Kier alpha value is -4.00. The first-order valence-electron chi connectivity index (χ1n) is 11.5. The van der Waals surface area contributed by atoms with Crippen molar-refractivity contribution in [1.29, 1.82) is 0 Å². The van der Waals surface area contributed by atoms with E-state index in [9.17, 15) is 28.6 Å². The highest BCUT2D eigenvalue weighted by atomic mass is 19.1. The van der Waals surface area contributed by atoms with Crippen LogP contribution in [0.15, 0.2) is 97.1 Å². The summed E-state index contributed by atoms with van der Waals surface area (Å²) in [7, 11) is 0. The Labute approximate surface area is 205 Å². The van der Waals surface area contributed by atoms with Gasteiger partial charge in [-0.1, -0.05) is 72.8 Å². The fourth-order valence-electron chi connectivity index (χ4n) is 5.97. The van der Waals surface area contributed by atoms with E-state index in [1.807, 2.05) is 0 Å². The minimum Gasteiger partial charge on any atom is -0.380 e. The molecule has 0 spiro atoms. The second-order valence-electron chi connectivity index (χ2n) is 9.32. The number of aliphatic hydroxyl groups is 2. The van der Waals surface area contributed by atoms with Crippen molar-refractivity contribution in [1.82, 2.24) is 0 Å². The van der Waals surface area contributed by atoms with E-state index in [2.05, 4.69) is 0 Å². The van der Waals surface area contributed by atoms with Crippen molar-refractivity contribution in [2.45, 2.75) is 11.2 Å². The van der Waals surface area contributed by atoms with Crippen LogP contribution >= 0.6 is 0 Å². The summed E-state index contributed by atoms with van der Waals surface area (Å²) in [6, 6.07) is 23.2. The molecule has 0 saturated carbocycles. The molecule has 2 aliphatic carbocycles. The summed E-state index contributed by atoms with van der Waals surface area (Å²) in [4.78, 5) is 27.9. The summed E-state index contributed by atoms with van der Waals surface area (Å²) >= 11 is 0. The first-order chi connectivity index (χ1) is 17.3. The predicted octanol–water partition coefficient (Wildman–Crippen LogP) is 4.76. The largest absolute Gasteiger partial charge is 0.380 e. The van der Waals surface area contributed by atoms with E-state index in [1.165, 1.54) is 48.5 Å². The molecule has 0 amide bonds. The normalized spacial score (nSPS) is 26.7. The second kappa shape index (κ2) is 7.75. The maximum absolute atomic E-state index is 14.0. The SMILES string of the molecule is O=C1c2ccccc2[C@](O)(c2ccc(F)cc2)[C@H]1[C@H]1C(=O)c2ccccc2[C@]1(O)c1ccc(F)cc1. The molecular weight excluding hydrogens is 462 g/mol. The Morgan fingerprint density at radius 3 is 1.22 bits per heavy atom. The van der Waals surface area contributed by atoms with Gasteiger partial charge in [0.1, 0.15) is 22.8 Å². The van der Waals surface area contributed by atoms with E-state index in [4.69, 9.17) is 0 Å². The van der Waals surface area contributed by atoms with Gasteiger partial charge in [0.25, 0.3) is 0 Å². The third-order valence-electron chi connectivity index (χ3n) is 7.57. The first-order valence-corrected chi connectivity index (χ1v) is 11.5. The summed E-state index contributed by atoms with van der Waals surface area (Å²) < 4.78 is 27.6. The van der Waals surface area contributed by atoms with Gasteiger partial charge in [-0.2, -0.15) is 0 Å². The zero-order valence-corrected chi connectivity index (χ0v) is 18.9. The van der Waals surface area contributed by atoms with Crippen molar-refractivity contribution in [3.05, 3.63) is 142 Å². The van der Waals surface area contributed by atoms with Crippen molar-refractivity contribution in [3.63, 3.8) is 0 Å². The lowest BCUT2D eigenvalue weighted by molar-refractivity contribution is -0.0463. The fourth-order valence-corrected chi connectivity index (χ4v) is 5.97. The minimum atomic E-state index is -2.03. The number of ketones is 2. The maximum atomic E-state index is 14.0. The van der Waals surface area contributed by atoms with Crippen LogP contribution in [0, 0.1) is 23.5 Å². The lowest BCUT2D eigenvalue weighted by atomic mass is 9.66. The molecule has 6 rings (SSSR count). The standard InChI is InChI=1S/C30H20F2O4/c31-19-13-9-17(10-14-19)29(35)23-7-3-1-5-21(23)27(33)25(29)26-28(34)22-6-2-4-8-24(22)30(26,36)18-11-15-20(32)16-12-18/h1-16,25-26,35-36H/t25-,26-,29+,30+/m0/s1. The number of carbonyl (C=O) groups excluding carboxylic acids is 2. The predicted molar refractivity (Wildman–Crippen MR) is 127 cm³/mol. The highest BCUT2D eigenvalue weighted by Gasteiger charge is 2.65. The van der Waals surface area contributed by atoms with Crippen molar-refractivity contribution in [3.8, 4) is 0 Å².